The average Bonchev–Trinajstić information content (AvgIpc) is 2.88. The van der Waals surface area contributed by atoms with Crippen LogP contribution in [0.5, 0.6) is 0 Å². The molecule has 0 aliphatic heterocycles. The van der Waals surface area contributed by atoms with Crippen molar-refractivity contribution in [2.24, 2.45) is 0 Å². The Morgan fingerprint density at radius 2 is 2.19 bits per heavy atom. The van der Waals surface area contributed by atoms with Crippen molar-refractivity contribution in [3.05, 3.63) is 28.0 Å². The van der Waals surface area contributed by atoms with Crippen molar-refractivity contribution in [3.63, 3.8) is 0 Å². The summed E-state index contributed by atoms with van der Waals surface area (Å²) in [6, 6.07) is 0. The molecule has 0 amide bonds. The van der Waals surface area contributed by atoms with Gasteiger partial charge in [-0.05, 0) is 6.42 Å². The number of hydrogen-bond acceptors (Lipinski definition) is 9. The van der Waals surface area contributed by atoms with Crippen LogP contribution in [0.15, 0.2) is 10.7 Å². The van der Waals surface area contributed by atoms with Gasteiger partial charge in [0.1, 0.15) is 6.20 Å². The van der Waals surface area contributed by atoms with Crippen molar-refractivity contribution < 1.29 is 9.45 Å². The SMILES string of the molecule is CCCNc1ncc([N+](=O)[O-])c(NCc2noc(C)n2)n1. The van der Waals surface area contributed by atoms with Crippen molar-refractivity contribution in [1.29, 1.82) is 0 Å². The summed E-state index contributed by atoms with van der Waals surface area (Å²) in [6.07, 6.45) is 2.06. The highest BCUT2D eigenvalue weighted by Crippen LogP contribution is 2.22. The van der Waals surface area contributed by atoms with Crippen molar-refractivity contribution in [2.75, 3.05) is 17.2 Å². The highest BCUT2D eigenvalue weighted by molar-refractivity contribution is 5.56. The Labute approximate surface area is 120 Å². The molecule has 0 aliphatic rings. The number of aryl methyl sites for hydroxylation is 1. The number of anilines is 2. The minimum atomic E-state index is -0.548. The predicted molar refractivity (Wildman–Crippen MR) is 73.8 cm³/mol. The molecule has 2 N–H and O–H groups in total. The Kier molecular flexibility index (Phi) is 4.59. The summed E-state index contributed by atoms with van der Waals surface area (Å²) in [7, 11) is 0. The molecular formula is C11H15N7O3. The zero-order valence-electron chi connectivity index (χ0n) is 11.7. The second-order valence-corrected chi connectivity index (χ2v) is 4.19. The molecule has 10 heteroatoms. The topological polar surface area (TPSA) is 132 Å². The van der Waals surface area contributed by atoms with Crippen LogP contribution in [-0.4, -0.2) is 31.6 Å². The van der Waals surface area contributed by atoms with E-state index in [0.717, 1.165) is 12.6 Å². The lowest BCUT2D eigenvalue weighted by atomic mass is 10.4. The molecule has 2 aromatic rings. The van der Waals surface area contributed by atoms with Gasteiger partial charge in [-0.1, -0.05) is 12.1 Å². The maximum Gasteiger partial charge on any atom is 0.329 e. The summed E-state index contributed by atoms with van der Waals surface area (Å²) >= 11 is 0. The van der Waals surface area contributed by atoms with Gasteiger partial charge in [0.05, 0.1) is 11.5 Å². The molecule has 2 heterocycles. The van der Waals surface area contributed by atoms with Crippen molar-refractivity contribution >= 4 is 17.5 Å². The van der Waals surface area contributed by atoms with Gasteiger partial charge in [0.15, 0.2) is 5.82 Å². The molecule has 0 aromatic carbocycles. The van der Waals surface area contributed by atoms with Gasteiger partial charge in [-0.25, -0.2) is 4.98 Å². The highest BCUT2D eigenvalue weighted by Gasteiger charge is 2.17. The summed E-state index contributed by atoms with van der Waals surface area (Å²) in [6.45, 7) is 4.51. The molecule has 0 spiro atoms. The first-order valence-electron chi connectivity index (χ1n) is 6.38. The normalized spacial score (nSPS) is 10.4. The Balaban J connectivity index is 2.15. The van der Waals surface area contributed by atoms with Crippen molar-refractivity contribution in [1.82, 2.24) is 20.1 Å². The van der Waals surface area contributed by atoms with E-state index in [9.17, 15) is 10.1 Å². The van der Waals surface area contributed by atoms with Crippen LogP contribution in [0.25, 0.3) is 0 Å². The van der Waals surface area contributed by atoms with Gasteiger partial charge in [0, 0.05) is 13.5 Å². The number of nitrogens with zero attached hydrogens (tertiary/aromatic N) is 5. The van der Waals surface area contributed by atoms with Gasteiger partial charge in [0.25, 0.3) is 0 Å². The van der Waals surface area contributed by atoms with Crippen molar-refractivity contribution in [2.45, 2.75) is 26.8 Å². The maximum absolute atomic E-state index is 11.0. The van der Waals surface area contributed by atoms with E-state index in [1.54, 1.807) is 6.92 Å². The van der Waals surface area contributed by atoms with Crippen LogP contribution in [0.4, 0.5) is 17.5 Å². The third-order valence-corrected chi connectivity index (χ3v) is 2.48. The second kappa shape index (κ2) is 6.59. The molecule has 0 radical (unpaired) electrons. The number of rotatable bonds is 7. The van der Waals surface area contributed by atoms with Crippen LogP contribution in [0.3, 0.4) is 0 Å². The standard InChI is InChI=1S/C11H15N7O3/c1-3-4-12-11-14-5-8(18(19)20)10(16-11)13-6-9-15-7(2)21-17-9/h5H,3-4,6H2,1-2H3,(H2,12,13,14,16). The number of hydrogen-bond donors (Lipinski definition) is 2. The predicted octanol–water partition coefficient (Wildman–Crippen LogP) is 1.51. The number of nitro groups is 1. The average molecular weight is 293 g/mol. The Morgan fingerprint density at radius 1 is 1.38 bits per heavy atom. The van der Waals surface area contributed by atoms with E-state index >= 15 is 0 Å². The molecule has 0 unspecified atom stereocenters. The van der Waals surface area contributed by atoms with Crippen LogP contribution in [0, 0.1) is 17.0 Å². The summed E-state index contributed by atoms with van der Waals surface area (Å²) in [5.41, 5.74) is -0.211. The molecule has 2 rings (SSSR count). The minimum absolute atomic E-state index is 0.107. The first-order valence-corrected chi connectivity index (χ1v) is 6.38. The fourth-order valence-corrected chi connectivity index (χ4v) is 1.54. The molecule has 0 aliphatic carbocycles. The lowest BCUT2D eigenvalue weighted by molar-refractivity contribution is -0.384. The minimum Gasteiger partial charge on any atom is -0.357 e. The highest BCUT2D eigenvalue weighted by atomic mass is 16.6. The monoisotopic (exact) mass is 293 g/mol. The van der Waals surface area contributed by atoms with E-state index in [4.69, 9.17) is 4.52 Å². The first kappa shape index (κ1) is 14.6. The fraction of sp³-hybridized carbons (Fsp3) is 0.455. The van der Waals surface area contributed by atoms with E-state index < -0.39 is 4.92 Å². The van der Waals surface area contributed by atoms with Gasteiger partial charge in [-0.15, -0.1) is 0 Å². The summed E-state index contributed by atoms with van der Waals surface area (Å²) < 4.78 is 4.83. The number of aromatic nitrogens is 4. The largest absolute Gasteiger partial charge is 0.357 e. The second-order valence-electron chi connectivity index (χ2n) is 4.19. The Morgan fingerprint density at radius 3 is 2.81 bits per heavy atom. The van der Waals surface area contributed by atoms with Gasteiger partial charge >= 0.3 is 5.69 Å². The maximum atomic E-state index is 11.0. The van der Waals surface area contributed by atoms with E-state index in [1.807, 2.05) is 6.92 Å². The van der Waals surface area contributed by atoms with Crippen LogP contribution >= 0.6 is 0 Å². The van der Waals surface area contributed by atoms with E-state index in [2.05, 4.69) is 30.7 Å². The Hall–Kier alpha value is -2.78. The van der Waals surface area contributed by atoms with Crippen LogP contribution in [-0.2, 0) is 6.54 Å². The van der Waals surface area contributed by atoms with Crippen LogP contribution in [0.2, 0.25) is 0 Å². The molecule has 0 atom stereocenters. The lowest BCUT2D eigenvalue weighted by Crippen LogP contribution is -2.10. The van der Waals surface area contributed by atoms with Gasteiger partial charge < -0.3 is 15.2 Å². The lowest BCUT2D eigenvalue weighted by Gasteiger charge is -2.07. The third kappa shape index (κ3) is 3.84. The van der Waals surface area contributed by atoms with E-state index in [0.29, 0.717) is 24.2 Å². The molecule has 0 saturated heterocycles. The summed E-state index contributed by atoms with van der Waals surface area (Å²) in [4.78, 5) is 22.4. The quantitative estimate of drug-likeness (QED) is 0.575. The molecular weight excluding hydrogens is 278 g/mol. The van der Waals surface area contributed by atoms with Gasteiger partial charge in [-0.3, -0.25) is 10.1 Å². The summed E-state index contributed by atoms with van der Waals surface area (Å²) in [5, 5.41) is 20.5. The molecule has 2 aromatic heterocycles. The van der Waals surface area contributed by atoms with Crippen molar-refractivity contribution in [3.8, 4) is 0 Å². The molecule has 112 valence electrons. The van der Waals surface area contributed by atoms with Crippen LogP contribution < -0.4 is 10.6 Å². The van der Waals surface area contributed by atoms with E-state index in [-0.39, 0.29) is 18.1 Å². The van der Waals surface area contributed by atoms with E-state index in [1.165, 1.54) is 0 Å². The molecule has 21 heavy (non-hydrogen) atoms. The summed E-state index contributed by atoms with van der Waals surface area (Å²) in [5.74, 6) is 1.25. The smallest absolute Gasteiger partial charge is 0.329 e. The van der Waals surface area contributed by atoms with Gasteiger partial charge in [-0.2, -0.15) is 9.97 Å². The zero-order valence-corrected chi connectivity index (χ0v) is 11.7. The van der Waals surface area contributed by atoms with Gasteiger partial charge in [0.2, 0.25) is 17.7 Å². The molecule has 10 nitrogen and oxygen atoms in total. The first-order chi connectivity index (χ1) is 10.1. The molecule has 0 saturated carbocycles. The Bertz CT molecular complexity index is 628. The zero-order chi connectivity index (χ0) is 15.2. The third-order valence-electron chi connectivity index (χ3n) is 2.48. The molecule has 0 bridgehead atoms. The van der Waals surface area contributed by atoms with Crippen LogP contribution in [0.1, 0.15) is 25.1 Å². The fourth-order valence-electron chi connectivity index (χ4n) is 1.54. The number of nitrogens with one attached hydrogen (secondary N) is 2. The molecule has 0 fully saturated rings.